The Hall–Kier alpha value is -2.17. The van der Waals surface area contributed by atoms with Crippen LogP contribution in [0.5, 0.6) is 0 Å². The van der Waals surface area contributed by atoms with Crippen LogP contribution in [0.25, 0.3) is 10.9 Å². The number of hydrogen-bond donors (Lipinski definition) is 2. The third kappa shape index (κ3) is 3.68. The molecule has 1 aromatic heterocycles. The molecule has 0 spiro atoms. The fraction of sp³-hybridized carbons (Fsp3) is 0.438. The molecular weight excluding hydrogens is 266 g/mol. The number of benzene rings is 1. The summed E-state index contributed by atoms with van der Waals surface area (Å²) < 4.78 is 0. The minimum Gasteiger partial charge on any atom is -0.476 e. The average molecular weight is 287 g/mol. The van der Waals surface area contributed by atoms with Gasteiger partial charge >= 0.3 is 5.97 Å². The fourth-order valence-corrected chi connectivity index (χ4v) is 2.25. The first-order valence-electron chi connectivity index (χ1n) is 7.24. The van der Waals surface area contributed by atoms with Crippen molar-refractivity contribution in [2.75, 3.05) is 5.32 Å². The van der Waals surface area contributed by atoms with Crippen molar-refractivity contribution in [3.8, 4) is 0 Å². The molecule has 0 bridgehead atoms. The molecule has 5 heteroatoms. The highest BCUT2D eigenvalue weighted by atomic mass is 16.4. The summed E-state index contributed by atoms with van der Waals surface area (Å²) in [5, 5.41) is 21.2. The highest BCUT2D eigenvalue weighted by Gasteiger charge is 2.18. The number of aromatic nitrogens is 2. The Morgan fingerprint density at radius 1 is 1.19 bits per heavy atom. The number of carboxylic acid groups (broad SMARTS) is 1. The molecule has 0 saturated carbocycles. The van der Waals surface area contributed by atoms with Gasteiger partial charge in [-0.1, -0.05) is 32.0 Å². The van der Waals surface area contributed by atoms with Gasteiger partial charge in [-0.25, -0.2) is 4.79 Å². The van der Waals surface area contributed by atoms with Crippen LogP contribution in [0.4, 0.5) is 5.69 Å². The summed E-state index contributed by atoms with van der Waals surface area (Å²) in [4.78, 5) is 11.4. The van der Waals surface area contributed by atoms with E-state index in [-0.39, 0.29) is 11.7 Å². The summed E-state index contributed by atoms with van der Waals surface area (Å²) >= 11 is 0. The average Bonchev–Trinajstić information content (AvgIpc) is 2.45. The lowest BCUT2D eigenvalue weighted by Gasteiger charge is -2.18. The number of carboxylic acids is 1. The van der Waals surface area contributed by atoms with Gasteiger partial charge in [0.1, 0.15) is 0 Å². The molecule has 0 amide bonds. The van der Waals surface area contributed by atoms with Crippen LogP contribution in [0, 0.1) is 5.92 Å². The third-order valence-electron chi connectivity index (χ3n) is 3.44. The van der Waals surface area contributed by atoms with E-state index in [0.717, 1.165) is 18.2 Å². The van der Waals surface area contributed by atoms with Crippen molar-refractivity contribution in [3.63, 3.8) is 0 Å². The number of carbonyl (C=O) groups is 1. The maximum Gasteiger partial charge on any atom is 0.358 e. The number of nitrogens with one attached hydrogen (secondary N) is 1. The molecule has 112 valence electrons. The summed E-state index contributed by atoms with van der Waals surface area (Å²) in [5.74, 6) is -0.438. The molecule has 0 aliphatic heterocycles. The number of fused-ring (bicyclic) bond motifs is 1. The minimum atomic E-state index is -1.06. The molecule has 0 aliphatic rings. The van der Waals surface area contributed by atoms with Gasteiger partial charge in [0.05, 0.1) is 11.2 Å². The SMILES string of the molecule is CC(C)CCC(C)Nc1c(C(=O)O)nnc2ccccc12. The Morgan fingerprint density at radius 3 is 2.57 bits per heavy atom. The molecule has 2 aromatic rings. The van der Waals surface area contributed by atoms with E-state index >= 15 is 0 Å². The zero-order valence-corrected chi connectivity index (χ0v) is 12.6. The summed E-state index contributed by atoms with van der Waals surface area (Å²) in [6, 6.07) is 7.62. The van der Waals surface area contributed by atoms with Gasteiger partial charge in [0.2, 0.25) is 0 Å². The normalized spacial score (nSPS) is 12.6. The van der Waals surface area contributed by atoms with Crippen molar-refractivity contribution in [1.29, 1.82) is 0 Å². The fourth-order valence-electron chi connectivity index (χ4n) is 2.25. The Kier molecular flexibility index (Phi) is 4.73. The zero-order valence-electron chi connectivity index (χ0n) is 12.6. The summed E-state index contributed by atoms with van der Waals surface area (Å²) in [6.45, 7) is 6.42. The molecule has 1 unspecified atom stereocenters. The Morgan fingerprint density at radius 2 is 1.90 bits per heavy atom. The van der Waals surface area contributed by atoms with E-state index in [1.54, 1.807) is 0 Å². The second kappa shape index (κ2) is 6.52. The Labute approximate surface area is 124 Å². The molecule has 2 rings (SSSR count). The molecule has 1 aromatic carbocycles. The van der Waals surface area contributed by atoms with Crippen LogP contribution in [0.15, 0.2) is 24.3 Å². The van der Waals surface area contributed by atoms with Crippen LogP contribution in [0.3, 0.4) is 0 Å². The van der Waals surface area contributed by atoms with Crippen molar-refractivity contribution >= 4 is 22.6 Å². The van der Waals surface area contributed by atoms with E-state index in [2.05, 4.69) is 36.3 Å². The first-order valence-corrected chi connectivity index (χ1v) is 7.24. The Balaban J connectivity index is 2.35. The lowest BCUT2D eigenvalue weighted by atomic mass is 10.0. The molecule has 0 fully saturated rings. The second-order valence-electron chi connectivity index (χ2n) is 5.76. The summed E-state index contributed by atoms with van der Waals surface area (Å²) in [7, 11) is 0. The van der Waals surface area contributed by atoms with E-state index < -0.39 is 5.97 Å². The molecule has 1 atom stereocenters. The van der Waals surface area contributed by atoms with Gasteiger partial charge in [0.25, 0.3) is 0 Å². The maximum absolute atomic E-state index is 11.4. The largest absolute Gasteiger partial charge is 0.476 e. The molecule has 2 N–H and O–H groups in total. The van der Waals surface area contributed by atoms with Crippen LogP contribution in [0.2, 0.25) is 0 Å². The number of nitrogens with zero attached hydrogens (tertiary/aromatic N) is 2. The Bertz CT molecular complexity index is 640. The van der Waals surface area contributed by atoms with E-state index in [1.807, 2.05) is 24.3 Å². The lowest BCUT2D eigenvalue weighted by Crippen LogP contribution is -2.19. The van der Waals surface area contributed by atoms with Crippen molar-refractivity contribution < 1.29 is 9.90 Å². The van der Waals surface area contributed by atoms with Gasteiger partial charge in [0.15, 0.2) is 5.69 Å². The predicted octanol–water partition coefficient (Wildman–Crippen LogP) is 3.56. The molecule has 0 saturated heterocycles. The smallest absolute Gasteiger partial charge is 0.358 e. The molecular formula is C16H21N3O2. The first-order chi connectivity index (χ1) is 9.99. The number of rotatable bonds is 6. The molecule has 5 nitrogen and oxygen atoms in total. The highest BCUT2D eigenvalue weighted by Crippen LogP contribution is 2.25. The van der Waals surface area contributed by atoms with Crippen LogP contribution in [0.1, 0.15) is 44.1 Å². The van der Waals surface area contributed by atoms with Crippen molar-refractivity contribution in [1.82, 2.24) is 10.2 Å². The molecule has 21 heavy (non-hydrogen) atoms. The minimum absolute atomic E-state index is 0.0231. The highest BCUT2D eigenvalue weighted by molar-refractivity contribution is 6.02. The van der Waals surface area contributed by atoms with E-state index in [0.29, 0.717) is 17.1 Å². The van der Waals surface area contributed by atoms with E-state index in [4.69, 9.17) is 0 Å². The third-order valence-corrected chi connectivity index (χ3v) is 3.44. The zero-order chi connectivity index (χ0) is 15.4. The van der Waals surface area contributed by atoms with Crippen LogP contribution in [-0.4, -0.2) is 27.3 Å². The molecule has 0 aliphatic carbocycles. The van der Waals surface area contributed by atoms with Gasteiger partial charge in [-0.3, -0.25) is 0 Å². The van der Waals surface area contributed by atoms with Crippen LogP contribution < -0.4 is 5.32 Å². The van der Waals surface area contributed by atoms with Gasteiger partial charge in [-0.05, 0) is 31.7 Å². The van der Waals surface area contributed by atoms with Gasteiger partial charge in [-0.2, -0.15) is 0 Å². The number of aromatic carboxylic acids is 1. The summed E-state index contributed by atoms with van der Waals surface area (Å²) in [5.41, 5.74) is 1.23. The van der Waals surface area contributed by atoms with Crippen molar-refractivity contribution in [2.45, 2.75) is 39.7 Å². The standard InChI is InChI=1S/C16H21N3O2/c1-10(2)8-9-11(3)17-14-12-6-4-5-7-13(12)18-19-15(14)16(20)21/h4-7,10-11H,8-9H2,1-3H3,(H,17,18)(H,20,21). The lowest BCUT2D eigenvalue weighted by molar-refractivity contribution is 0.0690. The first kappa shape index (κ1) is 15.2. The number of hydrogen-bond acceptors (Lipinski definition) is 4. The van der Waals surface area contributed by atoms with Crippen molar-refractivity contribution in [3.05, 3.63) is 30.0 Å². The van der Waals surface area contributed by atoms with E-state index in [1.165, 1.54) is 0 Å². The van der Waals surface area contributed by atoms with Crippen LogP contribution >= 0.6 is 0 Å². The van der Waals surface area contributed by atoms with Gasteiger partial charge in [0, 0.05) is 11.4 Å². The topological polar surface area (TPSA) is 75.1 Å². The number of anilines is 1. The van der Waals surface area contributed by atoms with Gasteiger partial charge < -0.3 is 10.4 Å². The van der Waals surface area contributed by atoms with Crippen LogP contribution in [-0.2, 0) is 0 Å². The van der Waals surface area contributed by atoms with Crippen molar-refractivity contribution in [2.24, 2.45) is 5.92 Å². The van der Waals surface area contributed by atoms with E-state index in [9.17, 15) is 9.90 Å². The monoisotopic (exact) mass is 287 g/mol. The second-order valence-corrected chi connectivity index (χ2v) is 5.76. The predicted molar refractivity (Wildman–Crippen MR) is 83.7 cm³/mol. The molecule has 0 radical (unpaired) electrons. The van der Waals surface area contributed by atoms with Gasteiger partial charge in [-0.15, -0.1) is 10.2 Å². The quantitative estimate of drug-likeness (QED) is 0.849. The maximum atomic E-state index is 11.4. The molecule has 1 heterocycles. The summed E-state index contributed by atoms with van der Waals surface area (Å²) in [6.07, 6.45) is 2.07.